The molecule has 0 aliphatic rings. The van der Waals surface area contributed by atoms with Crippen molar-refractivity contribution in [2.75, 3.05) is 12.8 Å². The van der Waals surface area contributed by atoms with Crippen molar-refractivity contribution in [2.45, 2.75) is 38.0 Å². The molecular weight excluding hydrogens is 274 g/mol. The first-order valence-corrected chi connectivity index (χ1v) is 8.84. The molecule has 20 heavy (non-hydrogen) atoms. The SMILES string of the molecule is CCC(CC)C(=O)NCCc1ccc(S(C)(=O)=O)cc1. The molecule has 0 atom stereocenters. The molecule has 0 heterocycles. The topological polar surface area (TPSA) is 63.2 Å². The minimum absolute atomic E-state index is 0.0858. The summed E-state index contributed by atoms with van der Waals surface area (Å²) in [4.78, 5) is 12.1. The number of amides is 1. The molecule has 1 amide bonds. The number of benzene rings is 1. The molecule has 1 aromatic carbocycles. The Kier molecular flexibility index (Phi) is 6.20. The Bertz CT molecular complexity index is 531. The van der Waals surface area contributed by atoms with E-state index in [-0.39, 0.29) is 11.8 Å². The molecule has 0 saturated heterocycles. The van der Waals surface area contributed by atoms with Gasteiger partial charge in [0, 0.05) is 18.7 Å². The van der Waals surface area contributed by atoms with Gasteiger partial charge < -0.3 is 5.32 Å². The maximum Gasteiger partial charge on any atom is 0.223 e. The van der Waals surface area contributed by atoms with Crippen LogP contribution in [0.3, 0.4) is 0 Å². The number of sulfone groups is 1. The zero-order valence-electron chi connectivity index (χ0n) is 12.3. The van der Waals surface area contributed by atoms with E-state index in [0.29, 0.717) is 17.9 Å². The Balaban J connectivity index is 2.49. The van der Waals surface area contributed by atoms with Crippen LogP contribution in [0.5, 0.6) is 0 Å². The fourth-order valence-corrected chi connectivity index (χ4v) is 2.67. The van der Waals surface area contributed by atoms with E-state index >= 15 is 0 Å². The molecule has 1 rings (SSSR count). The Morgan fingerprint density at radius 1 is 1.15 bits per heavy atom. The van der Waals surface area contributed by atoms with E-state index in [0.717, 1.165) is 18.4 Å². The maximum absolute atomic E-state index is 11.8. The van der Waals surface area contributed by atoms with Gasteiger partial charge in [0.1, 0.15) is 0 Å². The lowest BCUT2D eigenvalue weighted by molar-refractivity contribution is -0.125. The van der Waals surface area contributed by atoms with Gasteiger partial charge in [-0.2, -0.15) is 0 Å². The molecule has 0 spiro atoms. The van der Waals surface area contributed by atoms with Crippen molar-refractivity contribution in [1.82, 2.24) is 5.32 Å². The van der Waals surface area contributed by atoms with Gasteiger partial charge in [-0.1, -0.05) is 26.0 Å². The highest BCUT2D eigenvalue weighted by atomic mass is 32.2. The maximum atomic E-state index is 11.8. The van der Waals surface area contributed by atoms with Crippen LogP contribution >= 0.6 is 0 Å². The highest BCUT2D eigenvalue weighted by molar-refractivity contribution is 7.90. The molecule has 0 aliphatic carbocycles. The first kappa shape index (κ1) is 16.7. The van der Waals surface area contributed by atoms with E-state index < -0.39 is 9.84 Å². The minimum atomic E-state index is -3.14. The van der Waals surface area contributed by atoms with Gasteiger partial charge in [0.2, 0.25) is 5.91 Å². The van der Waals surface area contributed by atoms with E-state index in [9.17, 15) is 13.2 Å². The summed E-state index contributed by atoms with van der Waals surface area (Å²) in [5.41, 5.74) is 1.02. The first-order chi connectivity index (χ1) is 9.38. The standard InChI is InChI=1S/C15H23NO3S/c1-4-13(5-2)15(17)16-11-10-12-6-8-14(9-7-12)20(3,18)19/h6-9,13H,4-5,10-11H2,1-3H3,(H,16,17). The van der Waals surface area contributed by atoms with Gasteiger partial charge in [-0.25, -0.2) is 8.42 Å². The van der Waals surface area contributed by atoms with E-state index in [1.807, 2.05) is 13.8 Å². The highest BCUT2D eigenvalue weighted by Gasteiger charge is 2.13. The lowest BCUT2D eigenvalue weighted by Crippen LogP contribution is -2.31. The van der Waals surface area contributed by atoms with Gasteiger partial charge in [0.25, 0.3) is 0 Å². The molecule has 0 saturated carbocycles. The van der Waals surface area contributed by atoms with Crippen molar-refractivity contribution >= 4 is 15.7 Å². The number of hydrogen-bond donors (Lipinski definition) is 1. The molecule has 1 N–H and O–H groups in total. The van der Waals surface area contributed by atoms with Crippen LogP contribution in [-0.4, -0.2) is 27.1 Å². The third kappa shape index (κ3) is 4.96. The van der Waals surface area contributed by atoms with Gasteiger partial charge in [0.05, 0.1) is 4.90 Å². The summed E-state index contributed by atoms with van der Waals surface area (Å²) >= 11 is 0. The second-order valence-corrected chi connectivity index (χ2v) is 6.99. The van der Waals surface area contributed by atoms with Crippen LogP contribution in [0.1, 0.15) is 32.3 Å². The monoisotopic (exact) mass is 297 g/mol. The largest absolute Gasteiger partial charge is 0.356 e. The highest BCUT2D eigenvalue weighted by Crippen LogP contribution is 2.11. The second kappa shape index (κ2) is 7.43. The zero-order valence-corrected chi connectivity index (χ0v) is 13.2. The number of carbonyl (C=O) groups is 1. The van der Waals surface area contributed by atoms with Crippen LogP contribution in [0, 0.1) is 5.92 Å². The summed E-state index contributed by atoms with van der Waals surface area (Å²) in [7, 11) is -3.14. The van der Waals surface area contributed by atoms with Crippen LogP contribution < -0.4 is 5.32 Å². The van der Waals surface area contributed by atoms with Gasteiger partial charge in [-0.15, -0.1) is 0 Å². The normalized spacial score (nSPS) is 11.6. The Morgan fingerprint density at radius 3 is 2.15 bits per heavy atom. The summed E-state index contributed by atoms with van der Waals surface area (Å²) in [6.45, 7) is 4.60. The van der Waals surface area contributed by atoms with E-state index in [1.54, 1.807) is 24.3 Å². The molecule has 0 unspecified atom stereocenters. The van der Waals surface area contributed by atoms with Crippen molar-refractivity contribution in [3.8, 4) is 0 Å². The quantitative estimate of drug-likeness (QED) is 0.839. The van der Waals surface area contributed by atoms with Crippen molar-refractivity contribution in [2.24, 2.45) is 5.92 Å². The van der Waals surface area contributed by atoms with E-state index in [2.05, 4.69) is 5.32 Å². The molecular formula is C15H23NO3S. The van der Waals surface area contributed by atoms with Gasteiger partial charge >= 0.3 is 0 Å². The van der Waals surface area contributed by atoms with E-state index in [1.165, 1.54) is 6.26 Å². The summed E-state index contributed by atoms with van der Waals surface area (Å²) in [5, 5.41) is 2.92. The fourth-order valence-electron chi connectivity index (χ4n) is 2.04. The Hall–Kier alpha value is -1.36. The van der Waals surface area contributed by atoms with Crippen molar-refractivity contribution in [3.05, 3.63) is 29.8 Å². The van der Waals surface area contributed by atoms with Crippen LogP contribution in [0.15, 0.2) is 29.2 Å². The molecule has 5 heteroatoms. The summed E-state index contributed by atoms with van der Waals surface area (Å²) in [5.74, 6) is 0.186. The smallest absolute Gasteiger partial charge is 0.223 e. The van der Waals surface area contributed by atoms with Gasteiger partial charge in [-0.05, 0) is 37.0 Å². The van der Waals surface area contributed by atoms with Crippen molar-refractivity contribution in [1.29, 1.82) is 0 Å². The Labute approximate surface area is 121 Å². The summed E-state index contributed by atoms with van der Waals surface area (Å²) in [6.07, 6.45) is 3.60. The molecule has 0 bridgehead atoms. The zero-order chi connectivity index (χ0) is 15.2. The first-order valence-electron chi connectivity index (χ1n) is 6.95. The molecule has 4 nitrogen and oxygen atoms in total. The van der Waals surface area contributed by atoms with Crippen molar-refractivity contribution in [3.63, 3.8) is 0 Å². The number of hydrogen-bond acceptors (Lipinski definition) is 3. The number of carbonyl (C=O) groups excluding carboxylic acids is 1. The molecule has 0 aliphatic heterocycles. The fraction of sp³-hybridized carbons (Fsp3) is 0.533. The van der Waals surface area contributed by atoms with Gasteiger partial charge in [0.15, 0.2) is 9.84 Å². The molecule has 0 fully saturated rings. The predicted molar refractivity (Wildman–Crippen MR) is 80.3 cm³/mol. The molecule has 112 valence electrons. The van der Waals surface area contributed by atoms with Crippen LogP contribution in [-0.2, 0) is 21.1 Å². The minimum Gasteiger partial charge on any atom is -0.356 e. The summed E-state index contributed by atoms with van der Waals surface area (Å²) < 4.78 is 22.7. The predicted octanol–water partition coefficient (Wildman–Crippen LogP) is 2.18. The number of rotatable bonds is 7. The summed E-state index contributed by atoms with van der Waals surface area (Å²) in [6, 6.07) is 6.79. The van der Waals surface area contributed by atoms with Crippen LogP contribution in [0.4, 0.5) is 0 Å². The van der Waals surface area contributed by atoms with Gasteiger partial charge in [-0.3, -0.25) is 4.79 Å². The Morgan fingerprint density at radius 2 is 1.70 bits per heavy atom. The lowest BCUT2D eigenvalue weighted by atomic mass is 10.0. The molecule has 0 radical (unpaired) electrons. The average molecular weight is 297 g/mol. The number of nitrogens with one attached hydrogen (secondary N) is 1. The van der Waals surface area contributed by atoms with Crippen LogP contribution in [0.25, 0.3) is 0 Å². The lowest BCUT2D eigenvalue weighted by Gasteiger charge is -2.12. The molecule has 0 aromatic heterocycles. The third-order valence-corrected chi connectivity index (χ3v) is 4.55. The molecule has 1 aromatic rings. The second-order valence-electron chi connectivity index (χ2n) is 4.97. The van der Waals surface area contributed by atoms with Crippen molar-refractivity contribution < 1.29 is 13.2 Å². The third-order valence-electron chi connectivity index (χ3n) is 3.42. The average Bonchev–Trinajstić information content (AvgIpc) is 2.39. The van der Waals surface area contributed by atoms with E-state index in [4.69, 9.17) is 0 Å². The van der Waals surface area contributed by atoms with Crippen LogP contribution in [0.2, 0.25) is 0 Å².